The van der Waals surface area contributed by atoms with Gasteiger partial charge < -0.3 is 34.3 Å². The molecule has 3 aliphatic rings. The molecule has 0 unspecified atom stereocenters. The van der Waals surface area contributed by atoms with Crippen LogP contribution in [0.25, 0.3) is 11.1 Å². The number of nitrogens with zero attached hydrogens (tertiary/aromatic N) is 1. The normalized spacial score (nSPS) is 23.7. The molecule has 1 amide bonds. The minimum atomic E-state index is -2.02. The zero-order valence-electron chi connectivity index (χ0n) is 24.8. The van der Waals surface area contributed by atoms with Crippen LogP contribution in [0.5, 0.6) is 0 Å². The Labute approximate surface area is 278 Å². The largest absolute Gasteiger partial charge is 0.392 e. The number of halogens is 3. The Morgan fingerprint density at radius 3 is 2.27 bits per heavy atom. The van der Waals surface area contributed by atoms with Crippen LogP contribution in [0.4, 0.5) is 0 Å². The van der Waals surface area contributed by atoms with Crippen molar-refractivity contribution in [3.05, 3.63) is 95.1 Å². The molecule has 1 spiro atoms. The third-order valence-electron chi connectivity index (χ3n) is 8.64. The molecule has 3 aromatic rings. The monoisotopic (exact) mass is 674 g/mol. The number of amides is 1. The van der Waals surface area contributed by atoms with E-state index < -0.39 is 21.8 Å². The van der Waals surface area contributed by atoms with Crippen molar-refractivity contribution >= 4 is 40.7 Å². The Balaban J connectivity index is 1.19. The highest BCUT2D eigenvalue weighted by molar-refractivity contribution is 6.76. The van der Waals surface area contributed by atoms with Crippen molar-refractivity contribution in [2.75, 3.05) is 32.8 Å². The maximum absolute atomic E-state index is 12.0. The average Bonchev–Trinajstić information content (AvgIpc) is 3.52. The number of alkyl halides is 3. The molecule has 3 atom stereocenters. The molecule has 0 bridgehead atoms. The summed E-state index contributed by atoms with van der Waals surface area (Å²) in [5.74, 6) is -1.09. The van der Waals surface area contributed by atoms with Gasteiger partial charge in [-0.2, -0.15) is 0 Å². The van der Waals surface area contributed by atoms with E-state index in [-0.39, 0.29) is 25.4 Å². The molecule has 0 radical (unpaired) electrons. The van der Waals surface area contributed by atoms with E-state index in [0.717, 1.165) is 65.9 Å². The molecule has 3 aromatic carbocycles. The second kappa shape index (κ2) is 14.3. The summed E-state index contributed by atoms with van der Waals surface area (Å²) in [6, 6.07) is 23.9. The van der Waals surface area contributed by atoms with Crippen LogP contribution in [-0.4, -0.2) is 64.4 Å². The Kier molecular flexibility index (Phi) is 10.4. The summed E-state index contributed by atoms with van der Waals surface area (Å²) in [7, 11) is 0. The molecule has 2 N–H and O–H groups in total. The van der Waals surface area contributed by atoms with E-state index in [0.29, 0.717) is 19.6 Å². The van der Waals surface area contributed by atoms with Gasteiger partial charge in [-0.25, -0.2) is 0 Å². The van der Waals surface area contributed by atoms with E-state index in [2.05, 4.69) is 16.3 Å². The first-order chi connectivity index (χ1) is 21.7. The molecule has 11 heteroatoms. The van der Waals surface area contributed by atoms with Crippen molar-refractivity contribution in [2.45, 2.75) is 60.5 Å². The molecule has 6 rings (SSSR count). The number of aliphatic hydroxyl groups is 1. The Bertz CT molecular complexity index is 1450. The van der Waals surface area contributed by atoms with E-state index in [1.807, 2.05) is 66.7 Å². The summed E-state index contributed by atoms with van der Waals surface area (Å²) in [5.41, 5.74) is 5.65. The van der Waals surface area contributed by atoms with Crippen LogP contribution in [0.3, 0.4) is 0 Å². The van der Waals surface area contributed by atoms with E-state index in [1.165, 1.54) is 0 Å². The number of piperidine rings is 1. The molecule has 0 aliphatic carbocycles. The maximum atomic E-state index is 12.0. The number of ether oxygens (including phenoxy) is 4. The van der Waals surface area contributed by atoms with Crippen molar-refractivity contribution in [3.63, 3.8) is 0 Å². The lowest BCUT2D eigenvalue weighted by Gasteiger charge is -2.41. The van der Waals surface area contributed by atoms with Gasteiger partial charge in [-0.15, -0.1) is 0 Å². The van der Waals surface area contributed by atoms with Gasteiger partial charge in [0.1, 0.15) is 0 Å². The number of carbonyl (C=O) groups is 1. The van der Waals surface area contributed by atoms with Crippen LogP contribution >= 0.6 is 34.8 Å². The molecule has 3 heterocycles. The SMILES string of the molecule is O=C(NCc1cccc(-c2cccc([C@@H]3O[C@H](CN4CCC5(CC4)OCCO5)C[C@H](c4ccc(CO)cc4)O3)c2)c1)C(Cl)(Cl)Cl. The van der Waals surface area contributed by atoms with Crippen LogP contribution in [-0.2, 0) is 36.9 Å². The van der Waals surface area contributed by atoms with Crippen LogP contribution < -0.4 is 5.32 Å². The van der Waals surface area contributed by atoms with Gasteiger partial charge in [0, 0.05) is 51.0 Å². The number of aliphatic hydroxyl groups excluding tert-OH is 1. The van der Waals surface area contributed by atoms with Gasteiger partial charge in [0.05, 0.1) is 32.0 Å². The number of nitrogens with one attached hydrogen (secondary N) is 1. The number of benzene rings is 3. The molecule has 3 aliphatic heterocycles. The molecule has 45 heavy (non-hydrogen) atoms. The van der Waals surface area contributed by atoms with E-state index >= 15 is 0 Å². The van der Waals surface area contributed by atoms with Crippen LogP contribution in [0.2, 0.25) is 0 Å². The number of rotatable bonds is 8. The highest BCUT2D eigenvalue weighted by Gasteiger charge is 2.41. The van der Waals surface area contributed by atoms with Crippen molar-refractivity contribution in [3.8, 4) is 11.1 Å². The van der Waals surface area contributed by atoms with Gasteiger partial charge in [-0.05, 0) is 39.9 Å². The average molecular weight is 676 g/mol. The minimum Gasteiger partial charge on any atom is -0.392 e. The first-order valence-corrected chi connectivity index (χ1v) is 16.4. The number of hydrogen-bond donors (Lipinski definition) is 2. The first-order valence-electron chi connectivity index (χ1n) is 15.2. The van der Waals surface area contributed by atoms with E-state index in [1.54, 1.807) is 0 Å². The van der Waals surface area contributed by atoms with Crippen molar-refractivity contribution in [2.24, 2.45) is 0 Å². The van der Waals surface area contributed by atoms with Gasteiger partial charge in [0.2, 0.25) is 0 Å². The third-order valence-corrected chi connectivity index (χ3v) is 9.15. The predicted octanol–water partition coefficient (Wildman–Crippen LogP) is 6.22. The number of carbonyl (C=O) groups excluding carboxylic acids is 1. The first kappa shape index (κ1) is 32.7. The predicted molar refractivity (Wildman–Crippen MR) is 173 cm³/mol. The fourth-order valence-corrected chi connectivity index (χ4v) is 6.39. The topological polar surface area (TPSA) is 89.5 Å². The highest BCUT2D eigenvalue weighted by atomic mass is 35.6. The summed E-state index contributed by atoms with van der Waals surface area (Å²) in [6.07, 6.45) is 1.61. The summed E-state index contributed by atoms with van der Waals surface area (Å²) in [6.45, 7) is 4.10. The zero-order chi connectivity index (χ0) is 31.4. The van der Waals surface area contributed by atoms with Gasteiger partial charge in [-0.1, -0.05) is 95.5 Å². The molecule has 0 aromatic heterocycles. The van der Waals surface area contributed by atoms with Gasteiger partial charge in [0.25, 0.3) is 9.70 Å². The molecule has 3 fully saturated rings. The fraction of sp³-hybridized carbons (Fsp3) is 0.441. The number of likely N-dealkylation sites (tertiary alicyclic amines) is 1. The molecule has 240 valence electrons. The quantitative estimate of drug-likeness (QED) is 0.274. The standard InChI is InChI=1S/C34H37Cl3N2O6/c35-34(36,37)32(41)38-20-24-3-1-4-26(17-24)27-5-2-6-28(18-27)31-44-29(19-30(45-31)25-9-7-23(22-40)8-10-25)21-39-13-11-33(12-14-39)42-15-16-43-33/h1-10,17-18,29-31,40H,11-16,19-22H2,(H,38,41)/t29-,30+,31+/m0/s1. The van der Waals surface area contributed by atoms with Gasteiger partial charge in [-0.3, -0.25) is 4.79 Å². The Hall–Kier alpha value is -2.24. The second-order valence-corrected chi connectivity index (χ2v) is 14.0. The molecular formula is C34H37Cl3N2O6. The van der Waals surface area contributed by atoms with E-state index in [4.69, 9.17) is 53.8 Å². The lowest BCUT2D eigenvalue weighted by atomic mass is 9.97. The van der Waals surface area contributed by atoms with Crippen molar-refractivity contribution < 1.29 is 28.8 Å². The summed E-state index contributed by atoms with van der Waals surface area (Å²) in [5, 5.41) is 12.2. The summed E-state index contributed by atoms with van der Waals surface area (Å²) >= 11 is 17.1. The molecule has 3 saturated heterocycles. The lowest BCUT2D eigenvalue weighted by Crippen LogP contribution is -2.48. The number of hydrogen-bond acceptors (Lipinski definition) is 7. The summed E-state index contributed by atoms with van der Waals surface area (Å²) in [4.78, 5) is 14.5. The van der Waals surface area contributed by atoms with Crippen LogP contribution in [0.1, 0.15) is 53.9 Å². The fourth-order valence-electron chi connectivity index (χ4n) is 6.19. The summed E-state index contributed by atoms with van der Waals surface area (Å²) < 4.78 is 23.1. The van der Waals surface area contributed by atoms with Gasteiger partial charge in [0.15, 0.2) is 12.1 Å². The smallest absolute Gasteiger partial charge is 0.272 e. The Morgan fingerprint density at radius 1 is 0.889 bits per heavy atom. The molecule has 8 nitrogen and oxygen atoms in total. The van der Waals surface area contributed by atoms with Gasteiger partial charge >= 0.3 is 0 Å². The molecular weight excluding hydrogens is 639 g/mol. The Morgan fingerprint density at radius 2 is 1.58 bits per heavy atom. The highest BCUT2D eigenvalue weighted by Crippen LogP contribution is 2.40. The van der Waals surface area contributed by atoms with Crippen molar-refractivity contribution in [1.29, 1.82) is 0 Å². The minimum absolute atomic E-state index is 0.00267. The zero-order valence-corrected chi connectivity index (χ0v) is 27.1. The maximum Gasteiger partial charge on any atom is 0.272 e. The van der Waals surface area contributed by atoms with Crippen molar-refractivity contribution in [1.82, 2.24) is 10.2 Å². The third kappa shape index (κ3) is 8.19. The van der Waals surface area contributed by atoms with E-state index in [9.17, 15) is 9.90 Å². The molecule has 0 saturated carbocycles. The van der Waals surface area contributed by atoms with Crippen LogP contribution in [0, 0.1) is 0 Å². The van der Waals surface area contributed by atoms with Crippen LogP contribution in [0.15, 0.2) is 72.8 Å². The second-order valence-electron chi connectivity index (χ2n) is 11.8. The lowest BCUT2D eigenvalue weighted by molar-refractivity contribution is -0.255.